The lowest BCUT2D eigenvalue weighted by molar-refractivity contribution is 0.598. The molecule has 0 aliphatic carbocycles. The number of benzene rings is 2. The van der Waals surface area contributed by atoms with Crippen molar-refractivity contribution in [2.75, 3.05) is 5.84 Å². The number of rotatable bonds is 3. The third kappa shape index (κ3) is 3.05. The number of nitrogens with zero attached hydrogens (tertiary/aromatic N) is 3. The smallest absolute Gasteiger partial charge is 0.238 e. The van der Waals surface area contributed by atoms with Crippen molar-refractivity contribution in [2.24, 2.45) is 5.14 Å². The van der Waals surface area contributed by atoms with Crippen LogP contribution in [0.4, 0.5) is 0 Å². The monoisotopic (exact) mass is 414 g/mol. The van der Waals surface area contributed by atoms with Crippen LogP contribution in [0.2, 0.25) is 5.02 Å². The molecule has 0 saturated carbocycles. The molecule has 28 heavy (non-hydrogen) atoms. The van der Waals surface area contributed by atoms with Gasteiger partial charge < -0.3 is 10.4 Å². The van der Waals surface area contributed by atoms with E-state index in [1.54, 1.807) is 28.8 Å². The predicted octanol–water partition coefficient (Wildman–Crippen LogP) is 1.99. The second-order valence-corrected chi connectivity index (χ2v) is 8.16. The molecular weight excluding hydrogens is 400 g/mol. The standard InChI is InChI=1S/C18H15ClN6O2S/c19-12-3-1-11(2-4-12)15-9-24(18-16(15)17(20)25(21)10-23-18)13-5-7-14(8-6-13)28(22,26)27/h1-10,20H,21H2,(H2,22,26,27). The summed E-state index contributed by atoms with van der Waals surface area (Å²) in [6.07, 6.45) is 3.18. The fourth-order valence-electron chi connectivity index (χ4n) is 3.00. The van der Waals surface area contributed by atoms with Gasteiger partial charge in [-0.15, -0.1) is 0 Å². The van der Waals surface area contributed by atoms with E-state index in [2.05, 4.69) is 4.98 Å². The molecule has 2 heterocycles. The lowest BCUT2D eigenvalue weighted by Gasteiger charge is -2.06. The Hall–Kier alpha value is -3.14. The van der Waals surface area contributed by atoms with Crippen LogP contribution in [0.15, 0.2) is 66.0 Å². The van der Waals surface area contributed by atoms with Crippen molar-refractivity contribution in [1.82, 2.24) is 14.2 Å². The minimum Gasteiger partial charge on any atom is -0.336 e. The summed E-state index contributed by atoms with van der Waals surface area (Å²) in [7, 11) is -3.79. The Kier molecular flexibility index (Phi) is 4.22. The number of halogens is 1. The normalized spacial score (nSPS) is 11.8. The molecule has 0 saturated heterocycles. The Morgan fingerprint density at radius 3 is 2.29 bits per heavy atom. The van der Waals surface area contributed by atoms with Gasteiger partial charge in [0.2, 0.25) is 10.0 Å². The molecule has 0 unspecified atom stereocenters. The van der Waals surface area contributed by atoms with Gasteiger partial charge in [0.15, 0.2) is 11.1 Å². The van der Waals surface area contributed by atoms with Crippen LogP contribution in [-0.4, -0.2) is 22.6 Å². The van der Waals surface area contributed by atoms with E-state index in [1.165, 1.54) is 18.5 Å². The van der Waals surface area contributed by atoms with Crippen LogP contribution in [0.3, 0.4) is 0 Å². The van der Waals surface area contributed by atoms with Crippen molar-refractivity contribution in [1.29, 1.82) is 5.41 Å². The number of hydrogen-bond acceptors (Lipinski definition) is 5. The summed E-state index contributed by atoms with van der Waals surface area (Å²) < 4.78 is 25.9. The lowest BCUT2D eigenvalue weighted by atomic mass is 10.1. The van der Waals surface area contributed by atoms with Gasteiger partial charge in [-0.1, -0.05) is 23.7 Å². The second kappa shape index (κ2) is 6.48. The van der Waals surface area contributed by atoms with E-state index in [9.17, 15) is 8.42 Å². The lowest BCUT2D eigenvalue weighted by Crippen LogP contribution is -2.27. The van der Waals surface area contributed by atoms with Gasteiger partial charge >= 0.3 is 0 Å². The van der Waals surface area contributed by atoms with Crippen molar-refractivity contribution in [2.45, 2.75) is 4.90 Å². The molecular formula is C18H15ClN6O2S. The van der Waals surface area contributed by atoms with Gasteiger partial charge in [-0.25, -0.2) is 23.2 Å². The number of sulfonamides is 1. The third-order valence-corrected chi connectivity index (χ3v) is 5.56. The van der Waals surface area contributed by atoms with E-state index < -0.39 is 10.0 Å². The first-order valence-corrected chi connectivity index (χ1v) is 10.00. The molecule has 2 aromatic heterocycles. The van der Waals surface area contributed by atoms with Crippen LogP contribution in [0.5, 0.6) is 0 Å². The maximum Gasteiger partial charge on any atom is 0.238 e. The Bertz CT molecular complexity index is 1360. The van der Waals surface area contributed by atoms with Crippen LogP contribution in [0.1, 0.15) is 0 Å². The number of primary sulfonamides is 1. The largest absolute Gasteiger partial charge is 0.336 e. The maximum absolute atomic E-state index is 11.5. The van der Waals surface area contributed by atoms with Crippen molar-refractivity contribution in [3.8, 4) is 16.8 Å². The summed E-state index contributed by atoms with van der Waals surface area (Å²) in [6, 6.07) is 13.3. The van der Waals surface area contributed by atoms with E-state index in [-0.39, 0.29) is 10.4 Å². The molecule has 5 N–H and O–H groups in total. The minimum absolute atomic E-state index is 0.0135. The zero-order valence-corrected chi connectivity index (χ0v) is 15.9. The van der Waals surface area contributed by atoms with Gasteiger partial charge in [0.25, 0.3) is 0 Å². The van der Waals surface area contributed by atoms with Crippen molar-refractivity contribution >= 4 is 32.7 Å². The molecule has 0 radical (unpaired) electrons. The van der Waals surface area contributed by atoms with Crippen molar-refractivity contribution < 1.29 is 8.42 Å². The van der Waals surface area contributed by atoms with Gasteiger partial charge in [-0.3, -0.25) is 5.41 Å². The molecule has 0 fully saturated rings. The van der Waals surface area contributed by atoms with Crippen LogP contribution in [-0.2, 0) is 10.0 Å². The number of aromatic nitrogens is 3. The highest BCUT2D eigenvalue weighted by Crippen LogP contribution is 2.30. The minimum atomic E-state index is -3.79. The van der Waals surface area contributed by atoms with Gasteiger partial charge in [0.1, 0.15) is 6.33 Å². The molecule has 0 aliphatic heterocycles. The van der Waals surface area contributed by atoms with Crippen LogP contribution in [0.25, 0.3) is 27.8 Å². The van der Waals surface area contributed by atoms with Gasteiger partial charge in [-0.2, -0.15) is 0 Å². The van der Waals surface area contributed by atoms with Crippen LogP contribution in [0, 0.1) is 5.41 Å². The van der Waals surface area contributed by atoms with Gasteiger partial charge in [-0.05, 0) is 42.0 Å². The Balaban J connectivity index is 1.99. The molecule has 0 bridgehead atoms. The third-order valence-electron chi connectivity index (χ3n) is 4.38. The second-order valence-electron chi connectivity index (χ2n) is 6.16. The van der Waals surface area contributed by atoms with Gasteiger partial charge in [0.05, 0.1) is 10.3 Å². The predicted molar refractivity (Wildman–Crippen MR) is 107 cm³/mol. The first-order valence-electron chi connectivity index (χ1n) is 8.07. The summed E-state index contributed by atoms with van der Waals surface area (Å²) >= 11 is 5.99. The Morgan fingerprint density at radius 2 is 1.68 bits per heavy atom. The molecule has 10 heteroatoms. The molecule has 2 aromatic carbocycles. The summed E-state index contributed by atoms with van der Waals surface area (Å²) in [4.78, 5) is 4.38. The maximum atomic E-state index is 11.5. The molecule has 0 spiro atoms. The first-order chi connectivity index (χ1) is 13.3. The highest BCUT2D eigenvalue weighted by molar-refractivity contribution is 7.89. The quantitative estimate of drug-likeness (QED) is 0.442. The van der Waals surface area contributed by atoms with E-state index in [0.29, 0.717) is 21.7 Å². The first kappa shape index (κ1) is 18.2. The topological polar surface area (TPSA) is 133 Å². The van der Waals surface area contributed by atoms with Crippen LogP contribution >= 0.6 is 11.6 Å². The summed E-state index contributed by atoms with van der Waals surface area (Å²) in [5.74, 6) is 5.83. The van der Waals surface area contributed by atoms with Gasteiger partial charge in [0, 0.05) is 22.5 Å². The highest BCUT2D eigenvalue weighted by atomic mass is 35.5. The molecule has 4 rings (SSSR count). The molecule has 0 amide bonds. The van der Waals surface area contributed by atoms with Crippen molar-refractivity contribution in [3.63, 3.8) is 0 Å². The van der Waals surface area contributed by atoms with E-state index in [1.807, 2.05) is 18.3 Å². The Labute approximate surface area is 165 Å². The molecule has 8 nitrogen and oxygen atoms in total. The fourth-order valence-corrected chi connectivity index (χ4v) is 3.64. The SMILES string of the molecule is N=c1c2c(-c3ccc(Cl)cc3)cn(-c3ccc(S(N)(=O)=O)cc3)c2ncn1N. The number of nitrogens with one attached hydrogen (secondary N) is 1. The van der Waals surface area contributed by atoms with Crippen LogP contribution < -0.4 is 16.5 Å². The average Bonchev–Trinajstić information content (AvgIpc) is 3.05. The molecule has 0 aliphatic rings. The fraction of sp³-hybridized carbons (Fsp3) is 0. The highest BCUT2D eigenvalue weighted by Gasteiger charge is 2.16. The van der Waals surface area contributed by atoms with E-state index in [4.69, 9.17) is 28.0 Å². The summed E-state index contributed by atoms with van der Waals surface area (Å²) in [5.41, 5.74) is 2.87. The summed E-state index contributed by atoms with van der Waals surface area (Å²) in [5, 5.41) is 14.7. The number of nitrogens with two attached hydrogens (primary N) is 2. The zero-order chi connectivity index (χ0) is 20.1. The number of fused-ring (bicyclic) bond motifs is 1. The van der Waals surface area contributed by atoms with Crippen molar-refractivity contribution in [3.05, 3.63) is 71.6 Å². The Morgan fingerprint density at radius 1 is 1.04 bits per heavy atom. The summed E-state index contributed by atoms with van der Waals surface area (Å²) in [6.45, 7) is 0. The number of hydrogen-bond donors (Lipinski definition) is 3. The molecule has 142 valence electrons. The molecule has 0 atom stereocenters. The van der Waals surface area contributed by atoms with E-state index >= 15 is 0 Å². The molecule has 4 aromatic rings. The number of nitrogen functional groups attached to an aromatic ring is 1. The van der Waals surface area contributed by atoms with E-state index in [0.717, 1.165) is 15.8 Å². The zero-order valence-electron chi connectivity index (χ0n) is 14.4. The average molecular weight is 415 g/mol.